The summed E-state index contributed by atoms with van der Waals surface area (Å²) in [6.45, 7) is 4.89. The largest absolute Gasteiger partial charge is 0.354 e. The average molecular weight is 449 g/mol. The van der Waals surface area contributed by atoms with Gasteiger partial charge in [-0.15, -0.1) is 0 Å². The Hall–Kier alpha value is -2.04. The normalized spacial score (nSPS) is 11.7. The van der Waals surface area contributed by atoms with E-state index in [4.69, 9.17) is 23.2 Å². The van der Waals surface area contributed by atoms with E-state index in [0.717, 1.165) is 24.0 Å². The van der Waals surface area contributed by atoms with Gasteiger partial charge in [-0.1, -0.05) is 79.9 Å². The van der Waals surface area contributed by atoms with Gasteiger partial charge in [0.2, 0.25) is 11.8 Å². The van der Waals surface area contributed by atoms with Crippen molar-refractivity contribution in [3.05, 3.63) is 69.7 Å². The van der Waals surface area contributed by atoms with Gasteiger partial charge in [0.1, 0.15) is 6.04 Å². The van der Waals surface area contributed by atoms with Crippen molar-refractivity contribution in [2.75, 3.05) is 6.54 Å². The van der Waals surface area contributed by atoms with Gasteiger partial charge in [-0.05, 0) is 36.1 Å². The lowest BCUT2D eigenvalue weighted by Crippen LogP contribution is -2.50. The molecule has 0 bridgehead atoms. The number of unbranched alkanes of at least 4 members (excludes halogenated alkanes) is 1. The average Bonchev–Trinajstić information content (AvgIpc) is 2.73. The SMILES string of the molecule is CCCCNC(=O)C(Cc1ccccc1)N(Cc1ccc(Cl)cc1Cl)C(=O)CCC. The molecule has 6 heteroatoms. The summed E-state index contributed by atoms with van der Waals surface area (Å²) in [5.41, 5.74) is 1.77. The van der Waals surface area contributed by atoms with Crippen LogP contribution in [0.15, 0.2) is 48.5 Å². The molecule has 0 saturated heterocycles. The molecule has 1 atom stereocenters. The number of carbonyl (C=O) groups excluding carboxylic acids is 2. The van der Waals surface area contributed by atoms with Gasteiger partial charge in [-0.2, -0.15) is 0 Å². The Labute approximate surface area is 189 Å². The van der Waals surface area contributed by atoms with Crippen LogP contribution in [0.1, 0.15) is 50.7 Å². The van der Waals surface area contributed by atoms with E-state index >= 15 is 0 Å². The van der Waals surface area contributed by atoms with Crippen molar-refractivity contribution in [1.29, 1.82) is 0 Å². The van der Waals surface area contributed by atoms with E-state index in [1.807, 2.05) is 43.3 Å². The molecule has 1 unspecified atom stereocenters. The summed E-state index contributed by atoms with van der Waals surface area (Å²) >= 11 is 12.4. The minimum absolute atomic E-state index is 0.0601. The van der Waals surface area contributed by atoms with Gasteiger partial charge in [0.05, 0.1) is 0 Å². The third kappa shape index (κ3) is 7.33. The van der Waals surface area contributed by atoms with Crippen LogP contribution >= 0.6 is 23.2 Å². The lowest BCUT2D eigenvalue weighted by Gasteiger charge is -2.32. The molecule has 0 saturated carbocycles. The van der Waals surface area contributed by atoms with Crippen LogP contribution in [0.3, 0.4) is 0 Å². The van der Waals surface area contributed by atoms with Gasteiger partial charge in [0.15, 0.2) is 0 Å². The molecule has 4 nitrogen and oxygen atoms in total. The minimum Gasteiger partial charge on any atom is -0.354 e. The number of amides is 2. The van der Waals surface area contributed by atoms with Crippen molar-refractivity contribution in [3.8, 4) is 0 Å². The Morgan fingerprint density at radius 1 is 1.03 bits per heavy atom. The number of rotatable bonds is 11. The van der Waals surface area contributed by atoms with Gasteiger partial charge < -0.3 is 10.2 Å². The summed E-state index contributed by atoms with van der Waals surface area (Å²) in [5, 5.41) is 4.03. The van der Waals surface area contributed by atoms with Crippen molar-refractivity contribution in [1.82, 2.24) is 10.2 Å². The summed E-state index contributed by atoms with van der Waals surface area (Å²) in [5.74, 6) is -0.197. The predicted molar refractivity (Wildman–Crippen MR) is 124 cm³/mol. The molecule has 2 aromatic carbocycles. The summed E-state index contributed by atoms with van der Waals surface area (Å²) in [6, 6.07) is 14.4. The molecule has 0 aromatic heterocycles. The van der Waals surface area contributed by atoms with Crippen LogP contribution < -0.4 is 5.32 Å². The van der Waals surface area contributed by atoms with E-state index in [1.165, 1.54) is 0 Å². The van der Waals surface area contributed by atoms with Crippen LogP contribution in [0.2, 0.25) is 10.0 Å². The summed E-state index contributed by atoms with van der Waals surface area (Å²) in [6.07, 6.45) is 3.41. The maximum absolute atomic E-state index is 13.1. The lowest BCUT2D eigenvalue weighted by atomic mass is 10.0. The second kappa shape index (κ2) is 12.6. The molecule has 0 aliphatic carbocycles. The third-order valence-corrected chi connectivity index (χ3v) is 5.51. The van der Waals surface area contributed by atoms with Crippen molar-refractivity contribution in [2.24, 2.45) is 0 Å². The first-order chi connectivity index (χ1) is 14.5. The number of hydrogen-bond acceptors (Lipinski definition) is 2. The first kappa shape index (κ1) is 24.2. The zero-order valence-corrected chi connectivity index (χ0v) is 19.2. The van der Waals surface area contributed by atoms with Crippen molar-refractivity contribution in [3.63, 3.8) is 0 Å². The van der Waals surface area contributed by atoms with E-state index in [2.05, 4.69) is 12.2 Å². The van der Waals surface area contributed by atoms with Crippen LogP contribution in [-0.4, -0.2) is 29.3 Å². The fourth-order valence-corrected chi connectivity index (χ4v) is 3.72. The highest BCUT2D eigenvalue weighted by Gasteiger charge is 2.30. The highest BCUT2D eigenvalue weighted by molar-refractivity contribution is 6.35. The van der Waals surface area contributed by atoms with Crippen LogP contribution in [0, 0.1) is 0 Å². The van der Waals surface area contributed by atoms with Gasteiger partial charge in [-0.3, -0.25) is 9.59 Å². The maximum atomic E-state index is 13.1. The highest BCUT2D eigenvalue weighted by Crippen LogP contribution is 2.24. The molecule has 2 aromatic rings. The fraction of sp³-hybridized carbons (Fsp3) is 0.417. The molecular formula is C24H30Cl2N2O2. The van der Waals surface area contributed by atoms with Gasteiger partial charge in [0, 0.05) is 36.0 Å². The molecule has 1 N–H and O–H groups in total. The molecule has 0 heterocycles. The van der Waals surface area contributed by atoms with E-state index in [0.29, 0.717) is 35.9 Å². The number of halogens is 2. The highest BCUT2D eigenvalue weighted by atomic mass is 35.5. The Balaban J connectivity index is 2.36. The van der Waals surface area contributed by atoms with E-state index < -0.39 is 6.04 Å². The predicted octanol–water partition coefficient (Wildman–Crippen LogP) is 5.65. The maximum Gasteiger partial charge on any atom is 0.243 e. The first-order valence-corrected chi connectivity index (χ1v) is 11.3. The quantitative estimate of drug-likeness (QED) is 0.451. The van der Waals surface area contributed by atoms with Gasteiger partial charge >= 0.3 is 0 Å². The fourth-order valence-electron chi connectivity index (χ4n) is 3.25. The molecule has 2 amide bonds. The molecule has 2 rings (SSSR count). The smallest absolute Gasteiger partial charge is 0.243 e. The number of nitrogens with one attached hydrogen (secondary N) is 1. The first-order valence-electron chi connectivity index (χ1n) is 10.5. The number of benzene rings is 2. The van der Waals surface area contributed by atoms with Gasteiger partial charge in [-0.25, -0.2) is 0 Å². The standard InChI is InChI=1S/C24H30Cl2N2O2/c1-3-5-14-27-24(30)22(15-18-10-7-6-8-11-18)28(23(29)9-4-2)17-19-12-13-20(25)16-21(19)26/h6-8,10-13,16,22H,3-5,9,14-15,17H2,1-2H3,(H,27,30). The monoisotopic (exact) mass is 448 g/mol. The summed E-state index contributed by atoms with van der Waals surface area (Å²) in [7, 11) is 0. The van der Waals surface area contributed by atoms with E-state index in [9.17, 15) is 9.59 Å². The molecule has 0 spiro atoms. The Morgan fingerprint density at radius 3 is 2.40 bits per heavy atom. The molecule has 0 radical (unpaired) electrons. The lowest BCUT2D eigenvalue weighted by molar-refractivity contribution is -0.141. The Morgan fingerprint density at radius 2 is 1.77 bits per heavy atom. The summed E-state index contributed by atoms with van der Waals surface area (Å²) in [4.78, 5) is 27.9. The number of nitrogens with zero attached hydrogens (tertiary/aromatic N) is 1. The van der Waals surface area contributed by atoms with Crippen LogP contribution in [0.5, 0.6) is 0 Å². The second-order valence-corrected chi connectivity index (χ2v) is 8.20. The Kier molecular flexibility index (Phi) is 10.2. The van der Waals surface area contributed by atoms with Crippen LogP contribution in [0.4, 0.5) is 0 Å². The van der Waals surface area contributed by atoms with E-state index in [1.54, 1.807) is 17.0 Å². The molecule has 30 heavy (non-hydrogen) atoms. The second-order valence-electron chi connectivity index (χ2n) is 7.36. The number of carbonyl (C=O) groups is 2. The minimum atomic E-state index is -0.616. The molecule has 0 aliphatic heterocycles. The van der Waals surface area contributed by atoms with Gasteiger partial charge in [0.25, 0.3) is 0 Å². The molecule has 162 valence electrons. The zero-order valence-electron chi connectivity index (χ0n) is 17.7. The third-order valence-electron chi connectivity index (χ3n) is 4.92. The topological polar surface area (TPSA) is 49.4 Å². The molecule has 0 aliphatic rings. The van der Waals surface area contributed by atoms with Crippen molar-refractivity contribution >= 4 is 35.0 Å². The van der Waals surface area contributed by atoms with Crippen molar-refractivity contribution in [2.45, 2.75) is 58.5 Å². The summed E-state index contributed by atoms with van der Waals surface area (Å²) < 4.78 is 0. The zero-order chi connectivity index (χ0) is 21.9. The van der Waals surface area contributed by atoms with Crippen LogP contribution in [-0.2, 0) is 22.6 Å². The molecule has 0 fully saturated rings. The van der Waals surface area contributed by atoms with Crippen LogP contribution in [0.25, 0.3) is 0 Å². The molecular weight excluding hydrogens is 419 g/mol. The van der Waals surface area contributed by atoms with E-state index in [-0.39, 0.29) is 18.4 Å². The Bertz CT molecular complexity index is 827. The van der Waals surface area contributed by atoms with Crippen molar-refractivity contribution < 1.29 is 9.59 Å². The number of hydrogen-bond donors (Lipinski definition) is 1.